The number of rotatable bonds is 3. The van der Waals surface area contributed by atoms with E-state index in [1.165, 1.54) is 12.1 Å². The summed E-state index contributed by atoms with van der Waals surface area (Å²) in [6.45, 7) is 1.62. The number of benzene rings is 1. The quantitative estimate of drug-likeness (QED) is 0.554. The van der Waals surface area contributed by atoms with Crippen LogP contribution in [-0.2, 0) is 0 Å². The van der Waals surface area contributed by atoms with Crippen molar-refractivity contribution in [2.75, 3.05) is 18.0 Å². The van der Waals surface area contributed by atoms with Crippen molar-refractivity contribution in [3.8, 4) is 22.5 Å². The van der Waals surface area contributed by atoms with Gasteiger partial charge < -0.3 is 10.6 Å². The number of nitrogens with zero attached hydrogens (tertiary/aromatic N) is 4. The molecule has 0 aliphatic carbocycles. The van der Waals surface area contributed by atoms with E-state index in [1.54, 1.807) is 12.3 Å². The highest BCUT2D eigenvalue weighted by Gasteiger charge is 2.24. The third-order valence-corrected chi connectivity index (χ3v) is 5.13. The molecule has 0 saturated carbocycles. The van der Waals surface area contributed by atoms with Crippen LogP contribution < -0.4 is 10.6 Å². The molecule has 4 aromatic rings. The number of aromatic amines is 1. The van der Waals surface area contributed by atoms with Gasteiger partial charge in [0.05, 0.1) is 28.6 Å². The smallest absolute Gasteiger partial charge is 0.132 e. The first kappa shape index (κ1) is 17.1. The Hall–Kier alpha value is -3.03. The molecule has 0 amide bonds. The van der Waals surface area contributed by atoms with Crippen LogP contribution in [0.3, 0.4) is 0 Å². The van der Waals surface area contributed by atoms with Gasteiger partial charge in [-0.05, 0) is 36.4 Å². The van der Waals surface area contributed by atoms with Gasteiger partial charge in [0.15, 0.2) is 0 Å². The maximum absolute atomic E-state index is 14.3. The van der Waals surface area contributed by atoms with Crippen molar-refractivity contribution < 1.29 is 4.39 Å². The van der Waals surface area contributed by atoms with Gasteiger partial charge in [-0.3, -0.25) is 10.1 Å². The first-order valence-electron chi connectivity index (χ1n) is 8.85. The van der Waals surface area contributed by atoms with E-state index in [2.05, 4.69) is 20.1 Å². The summed E-state index contributed by atoms with van der Waals surface area (Å²) in [4.78, 5) is 11.4. The largest absolute Gasteiger partial charge is 0.367 e. The number of hydrogen-bond donors (Lipinski definition) is 2. The maximum atomic E-state index is 14.3. The van der Waals surface area contributed by atoms with E-state index in [0.29, 0.717) is 27.5 Å². The summed E-state index contributed by atoms with van der Waals surface area (Å²) in [7, 11) is 0. The lowest BCUT2D eigenvalue weighted by Crippen LogP contribution is -2.55. The zero-order valence-corrected chi connectivity index (χ0v) is 15.5. The number of anilines is 1. The number of nitrogens with one attached hydrogen (secondary N) is 1. The van der Waals surface area contributed by atoms with Crippen LogP contribution in [0, 0.1) is 5.82 Å². The predicted octanol–water partition coefficient (Wildman–Crippen LogP) is 3.63. The molecule has 1 aliphatic rings. The Balaban J connectivity index is 1.58. The van der Waals surface area contributed by atoms with Crippen molar-refractivity contribution in [1.29, 1.82) is 0 Å². The molecule has 1 fully saturated rings. The molecule has 0 unspecified atom stereocenters. The molecule has 3 aromatic heterocycles. The topological polar surface area (TPSA) is 83.7 Å². The number of halogens is 2. The molecule has 6 nitrogen and oxygen atoms in total. The van der Waals surface area contributed by atoms with E-state index < -0.39 is 5.82 Å². The van der Waals surface area contributed by atoms with Crippen LogP contribution in [0.4, 0.5) is 10.1 Å². The second kappa shape index (κ2) is 6.54. The molecule has 0 bridgehead atoms. The highest BCUT2D eigenvalue weighted by molar-refractivity contribution is 6.30. The first-order chi connectivity index (χ1) is 13.6. The van der Waals surface area contributed by atoms with E-state index in [0.717, 1.165) is 29.8 Å². The van der Waals surface area contributed by atoms with Crippen molar-refractivity contribution in [3.05, 3.63) is 59.6 Å². The standard InChI is InChI=1S/C20H16ClFN6/c21-11-1-2-16(22)14(5-11)20-15(8-25-27-20)17-3-4-18-19(26-17)6-13(7-24-18)28-9-12(23)10-28/h1-8,12H,9-10,23H2,(H,25,27). The van der Waals surface area contributed by atoms with Gasteiger partial charge in [0, 0.05) is 41.5 Å². The van der Waals surface area contributed by atoms with Crippen molar-refractivity contribution in [2.24, 2.45) is 5.73 Å². The summed E-state index contributed by atoms with van der Waals surface area (Å²) in [6, 6.07) is 10.4. The van der Waals surface area contributed by atoms with E-state index in [-0.39, 0.29) is 6.04 Å². The van der Waals surface area contributed by atoms with Crippen molar-refractivity contribution in [3.63, 3.8) is 0 Å². The molecule has 4 heterocycles. The van der Waals surface area contributed by atoms with Crippen LogP contribution >= 0.6 is 11.6 Å². The van der Waals surface area contributed by atoms with Gasteiger partial charge in [0.1, 0.15) is 11.5 Å². The van der Waals surface area contributed by atoms with Crippen LogP contribution in [0.1, 0.15) is 0 Å². The van der Waals surface area contributed by atoms with E-state index >= 15 is 0 Å². The Morgan fingerprint density at radius 3 is 2.79 bits per heavy atom. The van der Waals surface area contributed by atoms with Crippen LogP contribution in [0.5, 0.6) is 0 Å². The first-order valence-corrected chi connectivity index (χ1v) is 9.23. The number of fused-ring (bicyclic) bond motifs is 1. The van der Waals surface area contributed by atoms with Crippen molar-refractivity contribution in [1.82, 2.24) is 20.2 Å². The van der Waals surface area contributed by atoms with Crippen LogP contribution in [-0.4, -0.2) is 39.3 Å². The summed E-state index contributed by atoms with van der Waals surface area (Å²) in [5.74, 6) is -0.392. The van der Waals surface area contributed by atoms with E-state index in [4.69, 9.17) is 22.3 Å². The van der Waals surface area contributed by atoms with Gasteiger partial charge >= 0.3 is 0 Å². The Morgan fingerprint density at radius 1 is 1.11 bits per heavy atom. The van der Waals surface area contributed by atoms with Crippen LogP contribution in [0.2, 0.25) is 5.02 Å². The monoisotopic (exact) mass is 394 g/mol. The van der Waals surface area contributed by atoms with Gasteiger partial charge in [0.2, 0.25) is 0 Å². The minimum Gasteiger partial charge on any atom is -0.367 e. The predicted molar refractivity (Wildman–Crippen MR) is 108 cm³/mol. The molecule has 3 N–H and O–H groups in total. The molecule has 140 valence electrons. The normalized spacial score (nSPS) is 14.5. The minimum absolute atomic E-state index is 0.205. The molecule has 1 saturated heterocycles. The van der Waals surface area contributed by atoms with E-state index in [9.17, 15) is 4.39 Å². The van der Waals surface area contributed by atoms with Gasteiger partial charge in [-0.1, -0.05) is 11.6 Å². The molecule has 5 rings (SSSR count). The summed E-state index contributed by atoms with van der Waals surface area (Å²) in [6.07, 6.45) is 3.54. The SMILES string of the molecule is NC1CN(c2cnc3ccc(-c4c[nH]nc4-c4cc(Cl)ccc4F)nc3c2)C1. The van der Waals surface area contributed by atoms with Crippen molar-refractivity contribution in [2.45, 2.75) is 6.04 Å². The zero-order valence-electron chi connectivity index (χ0n) is 14.7. The van der Waals surface area contributed by atoms with Crippen LogP contribution in [0.25, 0.3) is 33.5 Å². The lowest BCUT2D eigenvalue weighted by molar-refractivity contribution is 0.519. The molecule has 1 aromatic carbocycles. The summed E-state index contributed by atoms with van der Waals surface area (Å²) < 4.78 is 14.3. The second-order valence-electron chi connectivity index (χ2n) is 6.87. The number of H-pyrrole nitrogens is 1. The second-order valence-corrected chi connectivity index (χ2v) is 7.30. The third kappa shape index (κ3) is 2.89. The number of pyridine rings is 2. The molecule has 0 spiro atoms. The average Bonchev–Trinajstić information content (AvgIpc) is 3.16. The minimum atomic E-state index is -0.392. The molecular formula is C20H16ClFN6. The number of aromatic nitrogens is 4. The fourth-order valence-corrected chi connectivity index (χ4v) is 3.58. The van der Waals surface area contributed by atoms with Crippen molar-refractivity contribution >= 4 is 28.3 Å². The summed E-state index contributed by atoms with van der Waals surface area (Å²) in [5, 5.41) is 7.47. The van der Waals surface area contributed by atoms with Gasteiger partial charge in [-0.2, -0.15) is 5.10 Å². The molecule has 0 atom stereocenters. The lowest BCUT2D eigenvalue weighted by Gasteiger charge is -2.38. The fourth-order valence-electron chi connectivity index (χ4n) is 3.41. The Bertz CT molecular complexity index is 1180. The summed E-state index contributed by atoms with van der Waals surface area (Å²) in [5.41, 5.74) is 10.6. The number of nitrogens with two attached hydrogens (primary N) is 1. The van der Waals surface area contributed by atoms with Gasteiger partial charge in [-0.25, -0.2) is 9.37 Å². The maximum Gasteiger partial charge on any atom is 0.132 e. The van der Waals surface area contributed by atoms with E-state index in [1.807, 2.05) is 24.4 Å². The number of hydrogen-bond acceptors (Lipinski definition) is 5. The molecular weight excluding hydrogens is 379 g/mol. The Labute approximate surface area is 165 Å². The Kier molecular flexibility index (Phi) is 3.99. The highest BCUT2D eigenvalue weighted by atomic mass is 35.5. The summed E-state index contributed by atoms with van der Waals surface area (Å²) >= 11 is 6.04. The molecule has 1 aliphatic heterocycles. The average molecular weight is 395 g/mol. The molecule has 0 radical (unpaired) electrons. The highest BCUT2D eigenvalue weighted by Crippen LogP contribution is 2.33. The molecule has 28 heavy (non-hydrogen) atoms. The van der Waals surface area contributed by atoms with Gasteiger partial charge in [0.25, 0.3) is 0 Å². The third-order valence-electron chi connectivity index (χ3n) is 4.90. The zero-order chi connectivity index (χ0) is 19.3. The fraction of sp³-hybridized carbons (Fsp3) is 0.150. The lowest BCUT2D eigenvalue weighted by atomic mass is 10.0. The van der Waals surface area contributed by atoms with Crippen LogP contribution in [0.15, 0.2) is 48.8 Å². The molecule has 8 heteroatoms. The van der Waals surface area contributed by atoms with Gasteiger partial charge in [-0.15, -0.1) is 0 Å². The Morgan fingerprint density at radius 2 is 1.96 bits per heavy atom.